The lowest BCUT2D eigenvalue weighted by atomic mass is 10.1. The van der Waals surface area contributed by atoms with Gasteiger partial charge in [-0.2, -0.15) is 0 Å². The smallest absolute Gasteiger partial charge is 0.254 e. The quantitative estimate of drug-likeness (QED) is 0.814. The summed E-state index contributed by atoms with van der Waals surface area (Å²) in [5, 5.41) is 0. The van der Waals surface area contributed by atoms with Crippen molar-refractivity contribution in [3.63, 3.8) is 0 Å². The zero-order valence-corrected chi connectivity index (χ0v) is 10.8. The lowest BCUT2D eigenvalue weighted by Crippen LogP contribution is -2.34. The van der Waals surface area contributed by atoms with Gasteiger partial charge in [0.15, 0.2) is 0 Å². The Morgan fingerprint density at radius 1 is 1.44 bits per heavy atom. The summed E-state index contributed by atoms with van der Waals surface area (Å²) in [6.07, 6.45) is 2.57. The molecule has 1 unspecified atom stereocenters. The summed E-state index contributed by atoms with van der Waals surface area (Å²) in [6.45, 7) is 2.96. The normalized spacial score (nSPS) is 21.1. The molecule has 3 heteroatoms. The van der Waals surface area contributed by atoms with E-state index < -0.39 is 0 Å². The van der Waals surface area contributed by atoms with Crippen LogP contribution < -0.4 is 0 Å². The first-order chi connectivity index (χ1) is 7.66. The number of benzene rings is 1. The van der Waals surface area contributed by atoms with Crippen LogP contribution in [-0.4, -0.2) is 16.8 Å². The lowest BCUT2D eigenvalue weighted by Gasteiger charge is -2.23. The predicted octanol–water partition coefficient (Wildman–Crippen LogP) is 3.20. The molecule has 0 spiro atoms. The van der Waals surface area contributed by atoms with Crippen molar-refractivity contribution in [3.8, 4) is 0 Å². The third-order valence-corrected chi connectivity index (χ3v) is 4.19. The fourth-order valence-electron chi connectivity index (χ4n) is 2.47. The van der Waals surface area contributed by atoms with Gasteiger partial charge in [0.2, 0.25) is 0 Å². The maximum atomic E-state index is 12.2. The number of hydrogen-bond donors (Lipinski definition) is 0. The molecule has 1 heterocycles. The number of carbonyl (C=O) groups excluding carboxylic acids is 1. The van der Waals surface area contributed by atoms with Crippen molar-refractivity contribution in [2.24, 2.45) is 5.92 Å². The molecule has 0 N–H and O–H groups in total. The van der Waals surface area contributed by atoms with Crippen LogP contribution in [0.25, 0.3) is 0 Å². The molecule has 16 heavy (non-hydrogen) atoms. The van der Waals surface area contributed by atoms with E-state index in [1.165, 1.54) is 12.8 Å². The van der Waals surface area contributed by atoms with Crippen LogP contribution in [0.2, 0.25) is 0 Å². The fourth-order valence-corrected chi connectivity index (χ4v) is 2.88. The molecule has 0 bridgehead atoms. The third-order valence-electron chi connectivity index (χ3n) is 3.70. The van der Waals surface area contributed by atoms with E-state index in [2.05, 4.69) is 28.9 Å². The minimum atomic E-state index is 0.210. The molecular formula is C13H14BrNO. The van der Waals surface area contributed by atoms with Crippen LogP contribution in [0.5, 0.6) is 0 Å². The zero-order chi connectivity index (χ0) is 11.3. The Kier molecular flexibility index (Phi) is 2.32. The van der Waals surface area contributed by atoms with Crippen LogP contribution in [0.3, 0.4) is 0 Å². The Hall–Kier alpha value is -0.830. The molecule has 0 radical (unpaired) electrons. The number of amides is 1. The number of halogens is 1. The third kappa shape index (κ3) is 1.58. The van der Waals surface area contributed by atoms with Gasteiger partial charge in [0.25, 0.3) is 5.91 Å². The summed E-state index contributed by atoms with van der Waals surface area (Å²) in [6, 6.07) is 6.34. The summed E-state index contributed by atoms with van der Waals surface area (Å²) in [4.78, 5) is 14.2. The van der Waals surface area contributed by atoms with E-state index in [0.717, 1.165) is 28.1 Å². The van der Waals surface area contributed by atoms with Gasteiger partial charge in [-0.3, -0.25) is 4.79 Å². The molecule has 3 rings (SSSR count). The number of carbonyl (C=O) groups is 1. The van der Waals surface area contributed by atoms with E-state index in [0.29, 0.717) is 6.04 Å². The van der Waals surface area contributed by atoms with E-state index in [1.807, 2.05) is 17.0 Å². The molecule has 1 saturated carbocycles. The number of fused-ring (bicyclic) bond motifs is 1. The first-order valence-electron chi connectivity index (χ1n) is 5.76. The van der Waals surface area contributed by atoms with Crippen LogP contribution in [0.15, 0.2) is 22.7 Å². The van der Waals surface area contributed by atoms with Gasteiger partial charge in [-0.05, 0) is 49.4 Å². The largest absolute Gasteiger partial charge is 0.331 e. The molecule has 1 aliphatic heterocycles. The Morgan fingerprint density at radius 3 is 2.88 bits per heavy atom. The standard InChI is InChI=1S/C13H14BrNO/c1-8(9-2-3-9)15-7-10-6-11(14)4-5-12(10)13(15)16/h4-6,8-9H,2-3,7H2,1H3. The summed E-state index contributed by atoms with van der Waals surface area (Å²) in [7, 11) is 0. The topological polar surface area (TPSA) is 20.3 Å². The fraction of sp³-hybridized carbons (Fsp3) is 0.462. The highest BCUT2D eigenvalue weighted by Gasteiger charge is 2.38. The van der Waals surface area contributed by atoms with E-state index in [4.69, 9.17) is 0 Å². The molecule has 1 amide bonds. The zero-order valence-electron chi connectivity index (χ0n) is 9.24. The molecule has 0 aromatic heterocycles. The molecule has 1 aliphatic carbocycles. The van der Waals surface area contributed by atoms with E-state index in [-0.39, 0.29) is 5.91 Å². The van der Waals surface area contributed by atoms with E-state index in [9.17, 15) is 4.79 Å². The van der Waals surface area contributed by atoms with Crippen molar-refractivity contribution < 1.29 is 4.79 Å². The van der Waals surface area contributed by atoms with Gasteiger partial charge < -0.3 is 4.90 Å². The summed E-state index contributed by atoms with van der Waals surface area (Å²) >= 11 is 3.45. The van der Waals surface area contributed by atoms with Gasteiger partial charge in [0, 0.05) is 22.6 Å². The van der Waals surface area contributed by atoms with Gasteiger partial charge in [-0.25, -0.2) is 0 Å². The van der Waals surface area contributed by atoms with Gasteiger partial charge >= 0.3 is 0 Å². The van der Waals surface area contributed by atoms with Crippen LogP contribution in [-0.2, 0) is 6.54 Å². The Bertz CT molecular complexity index is 453. The number of rotatable bonds is 2. The molecule has 1 fully saturated rings. The number of nitrogens with zero attached hydrogens (tertiary/aromatic N) is 1. The van der Waals surface area contributed by atoms with Crippen LogP contribution in [0.1, 0.15) is 35.7 Å². The summed E-state index contributed by atoms with van der Waals surface area (Å²) in [5.41, 5.74) is 2.04. The van der Waals surface area contributed by atoms with Crippen molar-refractivity contribution >= 4 is 21.8 Å². The molecule has 1 atom stereocenters. The highest BCUT2D eigenvalue weighted by atomic mass is 79.9. The average Bonchev–Trinajstić information content (AvgIpc) is 3.04. The molecular weight excluding hydrogens is 266 g/mol. The first-order valence-corrected chi connectivity index (χ1v) is 6.55. The van der Waals surface area contributed by atoms with Crippen molar-refractivity contribution in [2.75, 3.05) is 0 Å². The van der Waals surface area contributed by atoms with Gasteiger partial charge in [0.1, 0.15) is 0 Å². The second-order valence-corrected chi connectivity index (χ2v) is 5.73. The van der Waals surface area contributed by atoms with Gasteiger partial charge in [-0.15, -0.1) is 0 Å². The lowest BCUT2D eigenvalue weighted by molar-refractivity contribution is 0.0697. The maximum absolute atomic E-state index is 12.2. The second-order valence-electron chi connectivity index (χ2n) is 4.81. The second kappa shape index (κ2) is 3.59. The Morgan fingerprint density at radius 2 is 2.19 bits per heavy atom. The Labute approximate surface area is 104 Å². The van der Waals surface area contributed by atoms with Crippen LogP contribution >= 0.6 is 15.9 Å². The van der Waals surface area contributed by atoms with Gasteiger partial charge in [0.05, 0.1) is 0 Å². The van der Waals surface area contributed by atoms with E-state index in [1.54, 1.807) is 0 Å². The first kappa shape index (κ1) is 10.3. The van der Waals surface area contributed by atoms with Crippen LogP contribution in [0.4, 0.5) is 0 Å². The van der Waals surface area contributed by atoms with Crippen molar-refractivity contribution in [1.29, 1.82) is 0 Å². The molecule has 2 aliphatic rings. The minimum Gasteiger partial charge on any atom is -0.331 e. The van der Waals surface area contributed by atoms with Crippen molar-refractivity contribution in [2.45, 2.75) is 32.4 Å². The molecule has 1 aromatic carbocycles. The SMILES string of the molecule is CC(C1CC1)N1Cc2cc(Br)ccc2C1=O. The van der Waals surface area contributed by atoms with Crippen LogP contribution in [0, 0.1) is 5.92 Å². The highest BCUT2D eigenvalue weighted by Crippen LogP contribution is 2.38. The molecule has 84 valence electrons. The van der Waals surface area contributed by atoms with E-state index >= 15 is 0 Å². The Balaban J connectivity index is 1.90. The predicted molar refractivity (Wildman–Crippen MR) is 66.2 cm³/mol. The highest BCUT2D eigenvalue weighted by molar-refractivity contribution is 9.10. The summed E-state index contributed by atoms with van der Waals surface area (Å²) in [5.74, 6) is 0.948. The molecule has 0 saturated heterocycles. The van der Waals surface area contributed by atoms with Gasteiger partial charge in [-0.1, -0.05) is 15.9 Å². The molecule has 1 aromatic rings. The van der Waals surface area contributed by atoms with Crippen molar-refractivity contribution in [1.82, 2.24) is 4.90 Å². The molecule has 2 nitrogen and oxygen atoms in total. The van der Waals surface area contributed by atoms with Crippen molar-refractivity contribution in [3.05, 3.63) is 33.8 Å². The maximum Gasteiger partial charge on any atom is 0.254 e. The minimum absolute atomic E-state index is 0.210. The number of hydrogen-bond acceptors (Lipinski definition) is 1. The monoisotopic (exact) mass is 279 g/mol. The summed E-state index contributed by atoms with van der Waals surface area (Å²) < 4.78 is 1.06. The average molecular weight is 280 g/mol.